The van der Waals surface area contributed by atoms with Crippen LogP contribution < -0.4 is 15.0 Å². The molecule has 44 heavy (non-hydrogen) atoms. The van der Waals surface area contributed by atoms with Crippen molar-refractivity contribution in [3.8, 4) is 11.4 Å². The van der Waals surface area contributed by atoms with Gasteiger partial charge in [-0.25, -0.2) is 4.98 Å². The Labute approximate surface area is 265 Å². The van der Waals surface area contributed by atoms with Crippen molar-refractivity contribution in [2.45, 2.75) is 32.9 Å². The van der Waals surface area contributed by atoms with Crippen LogP contribution in [0.4, 0.5) is 5.69 Å². The molecule has 0 bridgehead atoms. The van der Waals surface area contributed by atoms with E-state index in [0.717, 1.165) is 52.2 Å². The Bertz CT molecular complexity index is 1880. The van der Waals surface area contributed by atoms with E-state index in [1.165, 1.54) is 6.08 Å². The number of ether oxygens (including phenoxy) is 1. The summed E-state index contributed by atoms with van der Waals surface area (Å²) < 4.78 is 8.08. The number of fused-ring (bicyclic) bond motifs is 1. The second kappa shape index (κ2) is 13.0. The zero-order valence-electron chi connectivity index (χ0n) is 24.1. The molecule has 1 saturated heterocycles. The Hall–Kier alpha value is -4.59. The van der Waals surface area contributed by atoms with E-state index in [1.54, 1.807) is 17.0 Å². The molecule has 5 aromatic rings. The van der Waals surface area contributed by atoms with E-state index in [1.807, 2.05) is 90.5 Å². The number of benzene rings is 3. The minimum atomic E-state index is -0.229. The normalized spacial score (nSPS) is 13.2. The number of halogens is 2. The van der Waals surface area contributed by atoms with Crippen molar-refractivity contribution >= 4 is 57.7 Å². The number of aromatic nitrogens is 2. The maximum Gasteiger partial charge on any atom is 0.244 e. The molecule has 222 valence electrons. The summed E-state index contributed by atoms with van der Waals surface area (Å²) in [7, 11) is 0. The third-order valence-electron chi connectivity index (χ3n) is 7.65. The summed E-state index contributed by atoms with van der Waals surface area (Å²) in [6.07, 6.45) is 6.61. The maximum atomic E-state index is 12.6. The number of carbonyl (C=O) groups excluding carboxylic acids is 2. The highest BCUT2D eigenvalue weighted by atomic mass is 35.5. The van der Waals surface area contributed by atoms with E-state index >= 15 is 0 Å². The summed E-state index contributed by atoms with van der Waals surface area (Å²) in [5.74, 6) is 0.582. The number of anilines is 1. The molecule has 7 nitrogen and oxygen atoms in total. The van der Waals surface area contributed by atoms with E-state index in [9.17, 15) is 9.59 Å². The number of rotatable bonds is 9. The summed E-state index contributed by atoms with van der Waals surface area (Å²) >= 11 is 13.5. The van der Waals surface area contributed by atoms with E-state index < -0.39 is 0 Å². The largest absolute Gasteiger partial charge is 0.487 e. The molecule has 3 aromatic carbocycles. The first-order chi connectivity index (χ1) is 21.4. The van der Waals surface area contributed by atoms with E-state index in [4.69, 9.17) is 27.9 Å². The van der Waals surface area contributed by atoms with Crippen molar-refractivity contribution in [1.82, 2.24) is 14.9 Å². The Morgan fingerprint density at radius 1 is 1.05 bits per heavy atom. The van der Waals surface area contributed by atoms with Crippen molar-refractivity contribution in [1.29, 1.82) is 0 Å². The van der Waals surface area contributed by atoms with Gasteiger partial charge in [-0.05, 0) is 73.5 Å². The van der Waals surface area contributed by atoms with Crippen LogP contribution in [0.2, 0.25) is 10.0 Å². The van der Waals surface area contributed by atoms with E-state index in [-0.39, 0.29) is 18.4 Å². The highest BCUT2D eigenvalue weighted by molar-refractivity contribution is 6.37. The van der Waals surface area contributed by atoms with Crippen LogP contribution in [0.1, 0.15) is 35.4 Å². The standard InChI is InChI=1S/C35H30Cl2N4O3/c1-23-32(20-25-6-2-3-8-30(25)39-23)44-22-28-29(36)15-16-31(35(28)37)40-18-4-7-27(40)21-38-33(42)17-12-24-10-13-26(14-11-24)41-19-5-9-34(41)43/h2-4,6-8,10-18,20H,5,9,19,21-22H2,1H3,(H,38,42). The van der Waals surface area contributed by atoms with Crippen LogP contribution in [0.25, 0.3) is 22.7 Å². The highest BCUT2D eigenvalue weighted by Crippen LogP contribution is 2.33. The predicted molar refractivity (Wildman–Crippen MR) is 176 cm³/mol. The number of aryl methyl sites for hydroxylation is 1. The quantitative estimate of drug-likeness (QED) is 0.171. The van der Waals surface area contributed by atoms with Crippen molar-refractivity contribution in [2.24, 2.45) is 0 Å². The Morgan fingerprint density at radius 2 is 1.86 bits per heavy atom. The summed E-state index contributed by atoms with van der Waals surface area (Å²) in [5.41, 5.74) is 5.66. The Balaban J connectivity index is 1.11. The highest BCUT2D eigenvalue weighted by Gasteiger charge is 2.21. The fourth-order valence-corrected chi connectivity index (χ4v) is 5.85. The third kappa shape index (κ3) is 6.34. The maximum absolute atomic E-state index is 12.6. The molecule has 2 aromatic heterocycles. The van der Waals surface area contributed by atoms with Crippen molar-refractivity contribution in [3.05, 3.63) is 124 Å². The Morgan fingerprint density at radius 3 is 2.66 bits per heavy atom. The van der Waals surface area contributed by atoms with Gasteiger partial charge in [-0.1, -0.05) is 53.5 Å². The first-order valence-electron chi connectivity index (χ1n) is 14.4. The lowest BCUT2D eigenvalue weighted by molar-refractivity contribution is -0.117. The fourth-order valence-electron chi connectivity index (χ4n) is 5.28. The number of nitrogens with one attached hydrogen (secondary N) is 1. The molecular formula is C35H30Cl2N4O3. The molecule has 2 amide bonds. The molecule has 1 fully saturated rings. The zero-order valence-corrected chi connectivity index (χ0v) is 25.6. The average Bonchev–Trinajstić information content (AvgIpc) is 3.68. The predicted octanol–water partition coefficient (Wildman–Crippen LogP) is 7.68. The molecule has 0 atom stereocenters. The van der Waals surface area contributed by atoms with Gasteiger partial charge in [0.2, 0.25) is 11.8 Å². The van der Waals surface area contributed by atoms with Gasteiger partial charge in [-0.2, -0.15) is 0 Å². The van der Waals surface area contributed by atoms with Gasteiger partial charge < -0.3 is 19.5 Å². The molecule has 6 rings (SSSR count). The molecule has 0 spiro atoms. The molecule has 0 radical (unpaired) electrons. The van der Waals surface area contributed by atoms with Crippen LogP contribution in [-0.2, 0) is 22.7 Å². The first kappa shape index (κ1) is 29.5. The average molecular weight is 626 g/mol. The zero-order chi connectivity index (χ0) is 30.6. The van der Waals surface area contributed by atoms with Crippen LogP contribution in [0, 0.1) is 6.92 Å². The summed E-state index contributed by atoms with van der Waals surface area (Å²) in [4.78, 5) is 31.1. The van der Waals surface area contributed by atoms with E-state index in [0.29, 0.717) is 34.3 Å². The van der Waals surface area contributed by atoms with Crippen molar-refractivity contribution in [2.75, 3.05) is 11.4 Å². The molecule has 1 N–H and O–H groups in total. The topological polar surface area (TPSA) is 76.5 Å². The lowest BCUT2D eigenvalue weighted by Crippen LogP contribution is -2.23. The number of hydrogen-bond donors (Lipinski definition) is 1. The second-order valence-electron chi connectivity index (χ2n) is 10.6. The lowest BCUT2D eigenvalue weighted by atomic mass is 10.2. The molecule has 0 aliphatic carbocycles. The van der Waals surface area contributed by atoms with Crippen LogP contribution >= 0.6 is 23.2 Å². The van der Waals surface area contributed by atoms with Gasteiger partial charge >= 0.3 is 0 Å². The smallest absolute Gasteiger partial charge is 0.244 e. The number of para-hydroxylation sites is 1. The molecular weight excluding hydrogens is 595 g/mol. The minimum Gasteiger partial charge on any atom is -0.487 e. The van der Waals surface area contributed by atoms with Crippen LogP contribution in [0.3, 0.4) is 0 Å². The molecule has 1 aliphatic heterocycles. The molecule has 9 heteroatoms. The molecule has 1 aliphatic rings. The van der Waals surface area contributed by atoms with Gasteiger partial charge in [-0.3, -0.25) is 9.59 Å². The molecule has 0 saturated carbocycles. The van der Waals surface area contributed by atoms with Crippen LogP contribution in [0.15, 0.2) is 91.1 Å². The monoisotopic (exact) mass is 624 g/mol. The summed E-state index contributed by atoms with van der Waals surface area (Å²) in [6, 6.07) is 24.9. The van der Waals surface area contributed by atoms with Crippen LogP contribution in [-0.4, -0.2) is 27.9 Å². The number of nitrogens with zero attached hydrogens (tertiary/aromatic N) is 3. The van der Waals surface area contributed by atoms with Gasteiger partial charge in [-0.15, -0.1) is 0 Å². The summed E-state index contributed by atoms with van der Waals surface area (Å²) in [6.45, 7) is 3.11. The van der Waals surface area contributed by atoms with Crippen molar-refractivity contribution < 1.29 is 14.3 Å². The van der Waals surface area contributed by atoms with Gasteiger partial charge in [0.1, 0.15) is 12.4 Å². The van der Waals surface area contributed by atoms with Gasteiger partial charge in [0.05, 0.1) is 28.5 Å². The van der Waals surface area contributed by atoms with Crippen molar-refractivity contribution in [3.63, 3.8) is 0 Å². The molecule has 0 unspecified atom stereocenters. The second-order valence-corrected chi connectivity index (χ2v) is 11.4. The van der Waals surface area contributed by atoms with E-state index in [2.05, 4.69) is 10.3 Å². The lowest BCUT2D eigenvalue weighted by Gasteiger charge is -2.16. The van der Waals surface area contributed by atoms with Gasteiger partial charge in [0.15, 0.2) is 0 Å². The minimum absolute atomic E-state index is 0.149. The number of pyridine rings is 1. The van der Waals surface area contributed by atoms with Crippen LogP contribution in [0.5, 0.6) is 5.75 Å². The Kier molecular flexibility index (Phi) is 8.68. The fraction of sp³-hybridized carbons (Fsp3) is 0.171. The van der Waals surface area contributed by atoms with Gasteiger partial charge in [0.25, 0.3) is 0 Å². The molecule has 3 heterocycles. The first-order valence-corrected chi connectivity index (χ1v) is 15.1. The summed E-state index contributed by atoms with van der Waals surface area (Å²) in [5, 5.41) is 4.89. The van der Waals surface area contributed by atoms with Gasteiger partial charge in [0, 0.05) is 52.6 Å². The number of carbonyl (C=O) groups is 2. The SMILES string of the molecule is Cc1nc2ccccc2cc1OCc1c(Cl)ccc(-n2cccc2CNC(=O)C=Cc2ccc(N3CCCC3=O)cc2)c1Cl. The third-order valence-corrected chi connectivity index (χ3v) is 8.42. The number of hydrogen-bond acceptors (Lipinski definition) is 4. The number of amides is 2.